The number of fused-ring (bicyclic) bond motifs is 8. The first-order valence-electron chi connectivity index (χ1n) is 22.8. The predicted molar refractivity (Wildman–Crippen MR) is 255 cm³/mol. The summed E-state index contributed by atoms with van der Waals surface area (Å²) in [6, 6.07) is 16.6. The van der Waals surface area contributed by atoms with Gasteiger partial charge in [0.1, 0.15) is 23.0 Å². The zero-order valence-electron chi connectivity index (χ0n) is 40.9. The summed E-state index contributed by atoms with van der Waals surface area (Å²) in [4.78, 5) is 26.7. The maximum absolute atomic E-state index is 13.4. The van der Waals surface area contributed by atoms with Crippen LogP contribution < -0.4 is 20.1 Å². The second-order valence-corrected chi connectivity index (χ2v) is 21.8. The van der Waals surface area contributed by atoms with Gasteiger partial charge in [0.2, 0.25) is 0 Å². The Morgan fingerprint density at radius 2 is 0.688 bits per heavy atom. The molecule has 2 amide bonds. The molecule has 0 aromatic heterocycles. The van der Waals surface area contributed by atoms with Crippen LogP contribution in [-0.4, -0.2) is 70.8 Å². The molecule has 0 saturated heterocycles. The van der Waals surface area contributed by atoms with Gasteiger partial charge >= 0.3 is 0 Å². The molecule has 1 aliphatic rings. The fourth-order valence-corrected chi connectivity index (χ4v) is 8.05. The first kappa shape index (κ1) is 49.9. The normalized spacial score (nSPS) is 14.4. The molecule has 8 bridgehead atoms. The quantitative estimate of drug-likeness (QED) is 0.0814. The Balaban J connectivity index is 1.94. The lowest BCUT2D eigenvalue weighted by atomic mass is 9.79. The molecule has 64 heavy (non-hydrogen) atoms. The Labute approximate surface area is 381 Å². The summed E-state index contributed by atoms with van der Waals surface area (Å²) >= 11 is 0. The summed E-state index contributed by atoms with van der Waals surface area (Å²) in [5, 5.41) is 49.6. The molecule has 0 aliphatic heterocycles. The molecule has 5 rings (SSSR count). The van der Waals surface area contributed by atoms with E-state index < -0.39 is 12.2 Å². The van der Waals surface area contributed by atoms with E-state index >= 15 is 0 Å². The number of aromatic hydroxyl groups is 2. The average Bonchev–Trinajstić information content (AvgIpc) is 3.18. The summed E-state index contributed by atoms with van der Waals surface area (Å²) in [7, 11) is 0. The van der Waals surface area contributed by atoms with Crippen LogP contribution in [0.25, 0.3) is 0 Å². The third kappa shape index (κ3) is 11.8. The van der Waals surface area contributed by atoms with Crippen LogP contribution in [0.3, 0.4) is 0 Å². The van der Waals surface area contributed by atoms with Crippen molar-refractivity contribution in [2.75, 3.05) is 26.3 Å². The zero-order chi connectivity index (χ0) is 47.7. The molecule has 10 heteroatoms. The van der Waals surface area contributed by atoms with E-state index in [1.165, 1.54) is 0 Å². The molecule has 348 valence electrons. The van der Waals surface area contributed by atoms with Gasteiger partial charge in [-0.15, -0.1) is 0 Å². The van der Waals surface area contributed by atoms with Crippen molar-refractivity contribution < 1.29 is 39.5 Å². The second-order valence-electron chi connectivity index (χ2n) is 21.8. The van der Waals surface area contributed by atoms with Crippen molar-refractivity contribution in [1.82, 2.24) is 10.6 Å². The van der Waals surface area contributed by atoms with E-state index in [-0.39, 0.29) is 97.0 Å². The number of phenols is 2. The van der Waals surface area contributed by atoms with Crippen molar-refractivity contribution in [2.45, 2.75) is 156 Å². The Kier molecular flexibility index (Phi) is 15.0. The summed E-state index contributed by atoms with van der Waals surface area (Å²) in [5.41, 5.74) is 8.71. The fraction of sp³-hybridized carbons (Fsp3) is 0.519. The summed E-state index contributed by atoms with van der Waals surface area (Å²) in [6.45, 7) is 28.9. The van der Waals surface area contributed by atoms with Crippen LogP contribution in [0.5, 0.6) is 23.0 Å². The predicted octanol–water partition coefficient (Wildman–Crippen LogP) is 8.72. The number of carbonyl (C=O) groups excluding carboxylic acids is 2. The van der Waals surface area contributed by atoms with Gasteiger partial charge in [-0.1, -0.05) is 132 Å². The first-order valence-corrected chi connectivity index (χ1v) is 22.8. The Hall–Kier alpha value is -5.06. The summed E-state index contributed by atoms with van der Waals surface area (Å²) in [6.07, 6.45) is -0.816. The molecule has 2 atom stereocenters. The smallest absolute Gasteiger partial charge is 0.260 e. The Bertz CT molecular complexity index is 2090. The van der Waals surface area contributed by atoms with Crippen LogP contribution in [0, 0.1) is 0 Å². The number of aliphatic hydroxyl groups excluding tert-OH is 2. The van der Waals surface area contributed by atoms with E-state index in [4.69, 9.17) is 9.47 Å². The van der Waals surface area contributed by atoms with E-state index in [0.717, 1.165) is 44.5 Å². The van der Waals surface area contributed by atoms with Gasteiger partial charge in [0.05, 0.1) is 13.2 Å². The molecule has 0 fully saturated rings. The van der Waals surface area contributed by atoms with Crippen LogP contribution in [0.2, 0.25) is 0 Å². The highest BCUT2D eigenvalue weighted by Crippen LogP contribution is 2.44. The highest BCUT2D eigenvalue weighted by molar-refractivity contribution is 5.81. The molecule has 1 aliphatic carbocycles. The van der Waals surface area contributed by atoms with Crippen molar-refractivity contribution in [3.63, 3.8) is 0 Å². The third-order valence-electron chi connectivity index (χ3n) is 12.2. The molecule has 0 heterocycles. The second kappa shape index (κ2) is 19.2. The topological polar surface area (TPSA) is 158 Å². The minimum absolute atomic E-state index is 0.0869. The monoisotopic (exact) mass is 879 g/mol. The first-order chi connectivity index (χ1) is 29.6. The largest absolute Gasteiger partial charge is 0.507 e. The lowest BCUT2D eigenvalue weighted by Gasteiger charge is -2.29. The van der Waals surface area contributed by atoms with Crippen LogP contribution >= 0.6 is 0 Å². The van der Waals surface area contributed by atoms with Gasteiger partial charge in [-0.25, -0.2) is 0 Å². The van der Waals surface area contributed by atoms with Gasteiger partial charge in [-0.2, -0.15) is 0 Å². The molecule has 4 aromatic rings. The molecule has 0 spiro atoms. The number of hydrogen-bond acceptors (Lipinski definition) is 8. The maximum Gasteiger partial charge on any atom is 0.260 e. The number of nitrogens with one attached hydrogen (secondary N) is 2. The molecular formula is C54H74N2O8. The van der Waals surface area contributed by atoms with Gasteiger partial charge in [0, 0.05) is 38.8 Å². The number of benzene rings is 4. The molecule has 6 N–H and O–H groups in total. The van der Waals surface area contributed by atoms with Gasteiger partial charge < -0.3 is 40.5 Å². The van der Waals surface area contributed by atoms with Crippen LogP contribution in [0.4, 0.5) is 0 Å². The molecular weight excluding hydrogens is 805 g/mol. The Morgan fingerprint density at radius 3 is 0.891 bits per heavy atom. The lowest BCUT2D eigenvalue weighted by Crippen LogP contribution is -2.38. The molecule has 0 saturated carbocycles. The number of rotatable bonds is 10. The minimum Gasteiger partial charge on any atom is -0.507 e. The maximum atomic E-state index is 13.4. The number of aliphatic hydroxyl groups is 2. The number of amides is 2. The zero-order valence-corrected chi connectivity index (χ0v) is 40.9. The van der Waals surface area contributed by atoms with Gasteiger partial charge in [0.25, 0.3) is 11.8 Å². The van der Waals surface area contributed by atoms with Crippen molar-refractivity contribution in [3.05, 3.63) is 115 Å². The van der Waals surface area contributed by atoms with Crippen LogP contribution in [0.1, 0.15) is 164 Å². The van der Waals surface area contributed by atoms with Gasteiger partial charge in [-0.05, 0) is 102 Å². The highest BCUT2D eigenvalue weighted by atomic mass is 16.5. The molecule has 2 unspecified atom stereocenters. The van der Waals surface area contributed by atoms with E-state index in [9.17, 15) is 30.0 Å². The summed E-state index contributed by atoms with van der Waals surface area (Å²) < 4.78 is 13.4. The van der Waals surface area contributed by atoms with Crippen molar-refractivity contribution in [3.8, 4) is 23.0 Å². The lowest BCUT2D eigenvalue weighted by molar-refractivity contribution is -0.128. The number of ether oxygens (including phenoxy) is 2. The molecule has 0 radical (unpaired) electrons. The number of hydrogen-bond donors (Lipinski definition) is 6. The van der Waals surface area contributed by atoms with Gasteiger partial charge in [0.15, 0.2) is 12.2 Å². The van der Waals surface area contributed by atoms with E-state index in [1.54, 1.807) is 13.8 Å². The Morgan fingerprint density at radius 1 is 0.469 bits per heavy atom. The van der Waals surface area contributed by atoms with E-state index in [1.807, 2.05) is 0 Å². The van der Waals surface area contributed by atoms with E-state index in [0.29, 0.717) is 33.8 Å². The van der Waals surface area contributed by atoms with E-state index in [2.05, 4.69) is 142 Å². The summed E-state index contributed by atoms with van der Waals surface area (Å²) in [5.74, 6) is 0.508. The highest BCUT2D eigenvalue weighted by Gasteiger charge is 2.30. The molecule has 4 aromatic carbocycles. The van der Waals surface area contributed by atoms with Crippen molar-refractivity contribution in [1.29, 1.82) is 0 Å². The number of phenolic OH excluding ortho intramolecular Hbond substituents is 2. The molecule has 10 nitrogen and oxygen atoms in total. The average molecular weight is 879 g/mol. The van der Waals surface area contributed by atoms with Crippen LogP contribution in [0.15, 0.2) is 48.5 Å². The minimum atomic E-state index is -0.932. The fourth-order valence-electron chi connectivity index (χ4n) is 8.05. The third-order valence-corrected chi connectivity index (χ3v) is 12.2. The van der Waals surface area contributed by atoms with Crippen molar-refractivity contribution in [2.24, 2.45) is 0 Å². The SMILES string of the molecule is CC(Oc1c2cc(C(C)(C)C)cc1Cc1cc(C(C)(C)C)cc(c1O)Cc1cc(C(C)(C)C)cc(c1OC(C)C(=O)NCCO)Cc1cc(C(C)(C)C)cc(c1O)C2)C(=O)NCCO. The standard InChI is InChI=1S/C54H74N2O8/c1-31(49(61)55-15-17-57)63-47-37-19-33-23-41(51(3,4)5)25-35(45(33)59)21-39-29-44(54(12,13)14)30-40(48(39)64-32(2)50(62)56-16-18-58)22-36-26-42(52(6,7)8)24-34(46(36)60)20-38(47)28-43(27-37)53(9,10)11/h23-32,57-60H,15-22H2,1-14H3,(H,55,61)(H,56,62). The van der Waals surface area contributed by atoms with Crippen LogP contribution in [-0.2, 0) is 56.9 Å². The van der Waals surface area contributed by atoms with Gasteiger partial charge in [-0.3, -0.25) is 9.59 Å². The number of carbonyl (C=O) groups is 2. The van der Waals surface area contributed by atoms with Crippen molar-refractivity contribution >= 4 is 11.8 Å².